The van der Waals surface area contributed by atoms with Crippen LogP contribution in [0.5, 0.6) is 0 Å². The molecule has 2 amide bonds. The maximum atomic E-state index is 12.6. The third-order valence-electron chi connectivity index (χ3n) is 4.78. The van der Waals surface area contributed by atoms with E-state index in [9.17, 15) is 9.59 Å². The van der Waals surface area contributed by atoms with E-state index in [-0.39, 0.29) is 36.1 Å². The molecule has 1 aliphatic heterocycles. The SMILES string of the molecule is CC(C)C(NC(=O)C1CC(=O)N(C)C1)c1nc2ccccc2n1C. The zero-order chi connectivity index (χ0) is 17.4. The van der Waals surface area contributed by atoms with Gasteiger partial charge < -0.3 is 14.8 Å². The minimum atomic E-state index is -0.279. The van der Waals surface area contributed by atoms with Crippen molar-refractivity contribution in [2.45, 2.75) is 26.3 Å². The summed E-state index contributed by atoms with van der Waals surface area (Å²) >= 11 is 0. The summed E-state index contributed by atoms with van der Waals surface area (Å²) in [5, 5.41) is 3.12. The number of amides is 2. The van der Waals surface area contributed by atoms with E-state index >= 15 is 0 Å². The van der Waals surface area contributed by atoms with Gasteiger partial charge in [-0.05, 0) is 18.1 Å². The van der Waals surface area contributed by atoms with Gasteiger partial charge in [-0.25, -0.2) is 4.98 Å². The van der Waals surface area contributed by atoms with Gasteiger partial charge in [-0.15, -0.1) is 0 Å². The van der Waals surface area contributed by atoms with Crippen molar-refractivity contribution in [3.05, 3.63) is 30.1 Å². The number of fused-ring (bicyclic) bond motifs is 1. The van der Waals surface area contributed by atoms with Crippen molar-refractivity contribution in [3.63, 3.8) is 0 Å². The fourth-order valence-corrected chi connectivity index (χ4v) is 3.28. The van der Waals surface area contributed by atoms with E-state index in [4.69, 9.17) is 4.98 Å². The lowest BCUT2D eigenvalue weighted by Gasteiger charge is -2.23. The second-order valence-corrected chi connectivity index (χ2v) is 6.92. The van der Waals surface area contributed by atoms with E-state index < -0.39 is 0 Å². The van der Waals surface area contributed by atoms with Crippen LogP contribution in [-0.2, 0) is 16.6 Å². The monoisotopic (exact) mass is 328 g/mol. The Morgan fingerprint density at radius 2 is 2.00 bits per heavy atom. The molecule has 24 heavy (non-hydrogen) atoms. The molecule has 6 heteroatoms. The third-order valence-corrected chi connectivity index (χ3v) is 4.78. The first kappa shape index (κ1) is 16.5. The fraction of sp³-hybridized carbons (Fsp3) is 0.500. The van der Waals surface area contributed by atoms with Gasteiger partial charge in [-0.1, -0.05) is 26.0 Å². The first-order chi connectivity index (χ1) is 11.4. The van der Waals surface area contributed by atoms with Crippen LogP contribution in [-0.4, -0.2) is 39.9 Å². The molecule has 1 saturated heterocycles. The Morgan fingerprint density at radius 1 is 1.29 bits per heavy atom. The van der Waals surface area contributed by atoms with Crippen LogP contribution in [0.3, 0.4) is 0 Å². The number of carbonyl (C=O) groups excluding carboxylic acids is 2. The molecule has 1 aliphatic rings. The maximum Gasteiger partial charge on any atom is 0.226 e. The summed E-state index contributed by atoms with van der Waals surface area (Å²) < 4.78 is 2.03. The van der Waals surface area contributed by atoms with E-state index in [2.05, 4.69) is 19.2 Å². The summed E-state index contributed by atoms with van der Waals surface area (Å²) in [5.74, 6) is 0.715. The summed E-state index contributed by atoms with van der Waals surface area (Å²) in [6.45, 7) is 4.62. The highest BCUT2D eigenvalue weighted by Gasteiger charge is 2.34. The summed E-state index contributed by atoms with van der Waals surface area (Å²) in [7, 11) is 3.71. The molecule has 0 bridgehead atoms. The van der Waals surface area contributed by atoms with Crippen LogP contribution in [0, 0.1) is 11.8 Å². The summed E-state index contributed by atoms with van der Waals surface area (Å²) in [6.07, 6.45) is 0.287. The van der Waals surface area contributed by atoms with E-state index in [1.54, 1.807) is 11.9 Å². The molecule has 0 radical (unpaired) electrons. The maximum absolute atomic E-state index is 12.6. The van der Waals surface area contributed by atoms with Gasteiger partial charge in [-0.3, -0.25) is 9.59 Å². The van der Waals surface area contributed by atoms with Crippen molar-refractivity contribution in [2.24, 2.45) is 18.9 Å². The Hall–Kier alpha value is -2.37. The van der Waals surface area contributed by atoms with Crippen molar-refractivity contribution in [2.75, 3.05) is 13.6 Å². The Morgan fingerprint density at radius 3 is 2.58 bits per heavy atom. The van der Waals surface area contributed by atoms with Crippen molar-refractivity contribution >= 4 is 22.8 Å². The average molecular weight is 328 g/mol. The molecule has 1 aromatic heterocycles. The lowest BCUT2D eigenvalue weighted by molar-refractivity contribution is -0.128. The number of hydrogen-bond acceptors (Lipinski definition) is 3. The first-order valence-corrected chi connectivity index (χ1v) is 8.34. The summed E-state index contributed by atoms with van der Waals surface area (Å²) in [6, 6.07) is 7.76. The number of likely N-dealkylation sites (tertiary alicyclic amines) is 1. The normalized spacial score (nSPS) is 19.3. The molecule has 6 nitrogen and oxygen atoms in total. The number of rotatable bonds is 4. The molecule has 0 aliphatic carbocycles. The second kappa shape index (κ2) is 6.26. The van der Waals surface area contributed by atoms with Gasteiger partial charge in [0.15, 0.2) is 0 Å². The molecular formula is C18H24N4O2. The van der Waals surface area contributed by atoms with Crippen LogP contribution in [0.1, 0.15) is 32.1 Å². The van der Waals surface area contributed by atoms with Gasteiger partial charge >= 0.3 is 0 Å². The zero-order valence-electron chi connectivity index (χ0n) is 14.6. The predicted octanol–water partition coefficient (Wildman–Crippen LogP) is 1.86. The lowest BCUT2D eigenvalue weighted by Crippen LogP contribution is -2.38. The molecule has 2 atom stereocenters. The number of nitrogens with zero attached hydrogens (tertiary/aromatic N) is 3. The Kier molecular flexibility index (Phi) is 4.30. The zero-order valence-corrected chi connectivity index (χ0v) is 14.6. The Balaban J connectivity index is 1.86. The molecule has 1 aromatic carbocycles. The standard InChI is InChI=1S/C18H24N4O2/c1-11(2)16(20-18(24)12-9-15(23)21(3)10-12)17-19-13-7-5-6-8-14(13)22(17)4/h5-8,11-12,16H,9-10H2,1-4H3,(H,20,24). The molecule has 0 saturated carbocycles. The van der Waals surface area contributed by atoms with Crippen LogP contribution in [0.25, 0.3) is 11.0 Å². The van der Waals surface area contributed by atoms with E-state index in [0.717, 1.165) is 16.9 Å². The van der Waals surface area contributed by atoms with Gasteiger partial charge in [-0.2, -0.15) is 0 Å². The van der Waals surface area contributed by atoms with E-state index in [1.165, 1.54) is 0 Å². The number of nitrogens with one attached hydrogen (secondary N) is 1. The second-order valence-electron chi connectivity index (χ2n) is 6.92. The van der Waals surface area contributed by atoms with Crippen molar-refractivity contribution < 1.29 is 9.59 Å². The molecular weight excluding hydrogens is 304 g/mol. The largest absolute Gasteiger partial charge is 0.346 e. The van der Waals surface area contributed by atoms with Gasteiger partial charge in [0.2, 0.25) is 11.8 Å². The van der Waals surface area contributed by atoms with Crippen molar-refractivity contribution in [3.8, 4) is 0 Å². The van der Waals surface area contributed by atoms with Crippen LogP contribution in [0.4, 0.5) is 0 Å². The van der Waals surface area contributed by atoms with Crippen molar-refractivity contribution in [1.82, 2.24) is 19.8 Å². The highest BCUT2D eigenvalue weighted by Crippen LogP contribution is 2.26. The molecule has 2 unspecified atom stereocenters. The van der Waals surface area contributed by atoms with Gasteiger partial charge in [0, 0.05) is 27.1 Å². The summed E-state index contributed by atoms with van der Waals surface area (Å²) in [4.78, 5) is 30.6. The van der Waals surface area contributed by atoms with Crippen LogP contribution in [0.15, 0.2) is 24.3 Å². The number of aromatic nitrogens is 2. The molecule has 2 aromatic rings. The first-order valence-electron chi connectivity index (χ1n) is 8.34. The highest BCUT2D eigenvalue weighted by atomic mass is 16.2. The average Bonchev–Trinajstić information content (AvgIpc) is 3.05. The lowest BCUT2D eigenvalue weighted by atomic mass is 10.0. The van der Waals surface area contributed by atoms with Crippen LogP contribution >= 0.6 is 0 Å². The topological polar surface area (TPSA) is 67.2 Å². The molecule has 1 N–H and O–H groups in total. The molecule has 1 fully saturated rings. The molecule has 128 valence electrons. The van der Waals surface area contributed by atoms with E-state index in [0.29, 0.717) is 6.54 Å². The fourth-order valence-electron chi connectivity index (χ4n) is 3.28. The Bertz CT molecular complexity index is 780. The summed E-state index contributed by atoms with van der Waals surface area (Å²) in [5.41, 5.74) is 1.97. The van der Waals surface area contributed by atoms with Crippen LogP contribution < -0.4 is 5.32 Å². The number of para-hydroxylation sites is 2. The number of hydrogen-bond donors (Lipinski definition) is 1. The number of imidazole rings is 1. The molecule has 2 heterocycles. The van der Waals surface area contributed by atoms with Crippen LogP contribution in [0.2, 0.25) is 0 Å². The highest BCUT2D eigenvalue weighted by molar-refractivity contribution is 5.89. The van der Waals surface area contributed by atoms with E-state index in [1.807, 2.05) is 35.9 Å². The Labute approximate surface area is 141 Å². The van der Waals surface area contributed by atoms with Gasteiger partial charge in [0.1, 0.15) is 5.82 Å². The minimum Gasteiger partial charge on any atom is -0.346 e. The van der Waals surface area contributed by atoms with Crippen molar-refractivity contribution in [1.29, 1.82) is 0 Å². The van der Waals surface area contributed by atoms with Gasteiger partial charge in [0.25, 0.3) is 0 Å². The smallest absolute Gasteiger partial charge is 0.226 e. The number of aryl methyl sites for hydroxylation is 1. The quantitative estimate of drug-likeness (QED) is 0.931. The van der Waals surface area contributed by atoms with Gasteiger partial charge in [0.05, 0.1) is 23.0 Å². The third kappa shape index (κ3) is 2.88. The number of benzene rings is 1. The predicted molar refractivity (Wildman–Crippen MR) is 92.2 cm³/mol. The molecule has 3 rings (SSSR count). The molecule has 0 spiro atoms. The minimum absolute atomic E-state index is 0.0268. The number of carbonyl (C=O) groups is 2.